The lowest BCUT2D eigenvalue weighted by atomic mass is 10.1. The van der Waals surface area contributed by atoms with Gasteiger partial charge < -0.3 is 10.2 Å². The summed E-state index contributed by atoms with van der Waals surface area (Å²) in [5.41, 5.74) is 1.75. The van der Waals surface area contributed by atoms with Gasteiger partial charge in [-0.25, -0.2) is 0 Å². The van der Waals surface area contributed by atoms with E-state index in [0.717, 1.165) is 22.1 Å². The van der Waals surface area contributed by atoms with E-state index in [1.807, 2.05) is 39.2 Å². The van der Waals surface area contributed by atoms with Gasteiger partial charge in [0.25, 0.3) is 5.91 Å². The van der Waals surface area contributed by atoms with E-state index in [0.29, 0.717) is 6.54 Å². The Morgan fingerprint density at radius 2 is 2.19 bits per heavy atom. The van der Waals surface area contributed by atoms with Crippen molar-refractivity contribution in [3.05, 3.63) is 33.8 Å². The highest BCUT2D eigenvalue weighted by atomic mass is 79.9. The number of carbonyl (C=O) groups excluding carboxylic acids is 1. The zero-order chi connectivity index (χ0) is 12.1. The summed E-state index contributed by atoms with van der Waals surface area (Å²) in [5, 5.41) is 3.03. The predicted octanol–water partition coefficient (Wildman–Crippen LogP) is 2.05. The van der Waals surface area contributed by atoms with Crippen LogP contribution in [0.25, 0.3) is 0 Å². The standard InChI is InChI=1S/C12H17BrN2O/c1-9-10(5-4-6-11(9)13)12(16)15(3)8-7-14-2/h4-6,14H,7-8H2,1-3H3. The molecule has 88 valence electrons. The van der Waals surface area contributed by atoms with Crippen LogP contribution >= 0.6 is 15.9 Å². The molecule has 1 aromatic rings. The minimum absolute atomic E-state index is 0.0639. The van der Waals surface area contributed by atoms with E-state index < -0.39 is 0 Å². The molecule has 0 radical (unpaired) electrons. The Balaban J connectivity index is 2.84. The summed E-state index contributed by atoms with van der Waals surface area (Å²) >= 11 is 3.43. The summed E-state index contributed by atoms with van der Waals surface area (Å²) in [5.74, 6) is 0.0639. The summed E-state index contributed by atoms with van der Waals surface area (Å²) in [4.78, 5) is 13.8. The molecular weight excluding hydrogens is 268 g/mol. The number of hydrogen-bond donors (Lipinski definition) is 1. The fourth-order valence-electron chi connectivity index (χ4n) is 1.43. The average Bonchev–Trinajstić information content (AvgIpc) is 2.28. The van der Waals surface area contributed by atoms with Gasteiger partial charge in [0.2, 0.25) is 0 Å². The number of likely N-dealkylation sites (N-methyl/N-ethyl adjacent to an activating group) is 2. The van der Waals surface area contributed by atoms with Gasteiger partial charge in [-0.05, 0) is 31.7 Å². The number of nitrogens with zero attached hydrogens (tertiary/aromatic N) is 1. The summed E-state index contributed by atoms with van der Waals surface area (Å²) in [6.45, 7) is 3.46. The van der Waals surface area contributed by atoms with Crippen LogP contribution < -0.4 is 5.32 Å². The molecule has 0 heterocycles. The van der Waals surface area contributed by atoms with E-state index in [9.17, 15) is 4.79 Å². The molecule has 0 aliphatic rings. The zero-order valence-electron chi connectivity index (χ0n) is 9.88. The second-order valence-electron chi connectivity index (χ2n) is 3.74. The van der Waals surface area contributed by atoms with Gasteiger partial charge in [0.15, 0.2) is 0 Å². The Kier molecular flexibility index (Phi) is 4.96. The molecule has 4 heteroatoms. The molecule has 0 unspecified atom stereocenters. The van der Waals surface area contributed by atoms with Gasteiger partial charge in [0.1, 0.15) is 0 Å². The van der Waals surface area contributed by atoms with Crippen LogP contribution in [0.3, 0.4) is 0 Å². The SMILES string of the molecule is CNCCN(C)C(=O)c1cccc(Br)c1C. The lowest BCUT2D eigenvalue weighted by Crippen LogP contribution is -2.33. The second kappa shape index (κ2) is 6.01. The maximum Gasteiger partial charge on any atom is 0.253 e. The number of carbonyl (C=O) groups is 1. The van der Waals surface area contributed by atoms with Crippen molar-refractivity contribution in [2.75, 3.05) is 27.2 Å². The van der Waals surface area contributed by atoms with Crippen molar-refractivity contribution in [1.29, 1.82) is 0 Å². The van der Waals surface area contributed by atoms with Gasteiger partial charge in [0.05, 0.1) is 0 Å². The molecule has 0 spiro atoms. The van der Waals surface area contributed by atoms with E-state index in [-0.39, 0.29) is 5.91 Å². The quantitative estimate of drug-likeness (QED) is 0.918. The van der Waals surface area contributed by atoms with Gasteiger partial charge in [-0.3, -0.25) is 4.79 Å². The lowest BCUT2D eigenvalue weighted by molar-refractivity contribution is 0.0796. The van der Waals surface area contributed by atoms with Crippen LogP contribution in [0.1, 0.15) is 15.9 Å². The highest BCUT2D eigenvalue weighted by Crippen LogP contribution is 2.20. The van der Waals surface area contributed by atoms with E-state index in [4.69, 9.17) is 0 Å². The van der Waals surface area contributed by atoms with Crippen molar-refractivity contribution in [1.82, 2.24) is 10.2 Å². The van der Waals surface area contributed by atoms with Gasteiger partial charge in [-0.2, -0.15) is 0 Å². The van der Waals surface area contributed by atoms with Crippen molar-refractivity contribution in [3.8, 4) is 0 Å². The van der Waals surface area contributed by atoms with Crippen LogP contribution in [0.15, 0.2) is 22.7 Å². The summed E-state index contributed by atoms with van der Waals surface area (Å²) in [6, 6.07) is 5.69. The molecule has 0 aliphatic heterocycles. The van der Waals surface area contributed by atoms with Gasteiger partial charge >= 0.3 is 0 Å². The molecule has 16 heavy (non-hydrogen) atoms. The van der Waals surface area contributed by atoms with Crippen molar-refractivity contribution >= 4 is 21.8 Å². The minimum Gasteiger partial charge on any atom is -0.340 e. The molecule has 0 saturated heterocycles. The van der Waals surface area contributed by atoms with Crippen molar-refractivity contribution in [2.45, 2.75) is 6.92 Å². The van der Waals surface area contributed by atoms with E-state index >= 15 is 0 Å². The molecule has 0 fully saturated rings. The molecule has 1 amide bonds. The molecule has 0 saturated carbocycles. The highest BCUT2D eigenvalue weighted by molar-refractivity contribution is 9.10. The molecular formula is C12H17BrN2O. The summed E-state index contributed by atoms with van der Waals surface area (Å²) in [7, 11) is 3.70. The fraction of sp³-hybridized carbons (Fsp3) is 0.417. The molecule has 1 rings (SSSR count). The minimum atomic E-state index is 0.0639. The summed E-state index contributed by atoms with van der Waals surface area (Å²) in [6.07, 6.45) is 0. The number of rotatable bonds is 4. The normalized spacial score (nSPS) is 10.2. The molecule has 0 aromatic heterocycles. The third kappa shape index (κ3) is 3.06. The van der Waals surface area contributed by atoms with Crippen LogP contribution in [-0.4, -0.2) is 38.0 Å². The van der Waals surface area contributed by atoms with Crippen LogP contribution in [0, 0.1) is 6.92 Å². The van der Waals surface area contributed by atoms with Gasteiger partial charge in [-0.15, -0.1) is 0 Å². The van der Waals surface area contributed by atoms with Crippen LogP contribution in [0.2, 0.25) is 0 Å². The van der Waals surface area contributed by atoms with Crippen LogP contribution in [0.5, 0.6) is 0 Å². The van der Waals surface area contributed by atoms with Crippen LogP contribution in [-0.2, 0) is 0 Å². The number of benzene rings is 1. The zero-order valence-corrected chi connectivity index (χ0v) is 11.5. The van der Waals surface area contributed by atoms with Gasteiger partial charge in [-0.1, -0.05) is 22.0 Å². The largest absolute Gasteiger partial charge is 0.340 e. The fourth-order valence-corrected chi connectivity index (χ4v) is 1.79. The van der Waals surface area contributed by atoms with Crippen molar-refractivity contribution < 1.29 is 4.79 Å². The summed E-state index contributed by atoms with van der Waals surface area (Å²) < 4.78 is 0.973. The topological polar surface area (TPSA) is 32.3 Å². The van der Waals surface area contributed by atoms with Crippen molar-refractivity contribution in [2.24, 2.45) is 0 Å². The Morgan fingerprint density at radius 3 is 2.81 bits per heavy atom. The predicted molar refractivity (Wildman–Crippen MR) is 69.8 cm³/mol. The number of nitrogens with one attached hydrogen (secondary N) is 1. The third-order valence-electron chi connectivity index (χ3n) is 2.54. The average molecular weight is 285 g/mol. The molecule has 0 aliphatic carbocycles. The maximum atomic E-state index is 12.1. The van der Waals surface area contributed by atoms with E-state index in [1.165, 1.54) is 0 Å². The Morgan fingerprint density at radius 1 is 1.50 bits per heavy atom. The molecule has 0 bridgehead atoms. The van der Waals surface area contributed by atoms with Crippen molar-refractivity contribution in [3.63, 3.8) is 0 Å². The first-order valence-corrected chi connectivity index (χ1v) is 6.02. The Bertz CT molecular complexity index is 379. The Labute approximate surface area is 105 Å². The lowest BCUT2D eigenvalue weighted by Gasteiger charge is -2.18. The first-order valence-electron chi connectivity index (χ1n) is 5.23. The first-order chi connectivity index (χ1) is 7.57. The monoisotopic (exact) mass is 284 g/mol. The molecule has 0 atom stereocenters. The van der Waals surface area contributed by atoms with Gasteiger partial charge in [0, 0.05) is 30.2 Å². The molecule has 1 aromatic carbocycles. The maximum absolute atomic E-state index is 12.1. The van der Waals surface area contributed by atoms with E-state index in [2.05, 4.69) is 21.2 Å². The highest BCUT2D eigenvalue weighted by Gasteiger charge is 2.14. The number of hydrogen-bond acceptors (Lipinski definition) is 2. The molecule has 3 nitrogen and oxygen atoms in total. The van der Waals surface area contributed by atoms with Crippen LogP contribution in [0.4, 0.5) is 0 Å². The number of amides is 1. The third-order valence-corrected chi connectivity index (χ3v) is 3.40. The molecule has 1 N–H and O–H groups in total. The Hall–Kier alpha value is -0.870. The van der Waals surface area contributed by atoms with E-state index in [1.54, 1.807) is 4.90 Å². The number of halogens is 1. The smallest absolute Gasteiger partial charge is 0.253 e. The second-order valence-corrected chi connectivity index (χ2v) is 4.60. The first kappa shape index (κ1) is 13.2.